The van der Waals surface area contributed by atoms with Crippen LogP contribution in [-0.2, 0) is 6.54 Å². The third-order valence-corrected chi connectivity index (χ3v) is 3.28. The molecule has 23 heavy (non-hydrogen) atoms. The third kappa shape index (κ3) is 5.58. The number of pyridine rings is 1. The highest BCUT2D eigenvalue weighted by Crippen LogP contribution is 2.19. The first kappa shape index (κ1) is 16.7. The van der Waals surface area contributed by atoms with Crippen molar-refractivity contribution in [2.75, 3.05) is 0 Å². The minimum absolute atomic E-state index is 0.139. The van der Waals surface area contributed by atoms with Gasteiger partial charge in [-0.05, 0) is 43.2 Å². The molecule has 0 aliphatic rings. The zero-order valence-electron chi connectivity index (χ0n) is 13.2. The van der Waals surface area contributed by atoms with Gasteiger partial charge in [0.05, 0.1) is 0 Å². The van der Waals surface area contributed by atoms with Gasteiger partial charge in [0, 0.05) is 24.8 Å². The molecular formula is C17H20FN3O2. The molecule has 0 saturated heterocycles. The molecule has 0 aliphatic heterocycles. The molecule has 2 aromatic rings. The Kier molecular flexibility index (Phi) is 5.91. The van der Waals surface area contributed by atoms with Crippen molar-refractivity contribution < 1.29 is 13.9 Å². The minimum Gasteiger partial charge on any atom is -0.439 e. The molecule has 2 amide bonds. The van der Waals surface area contributed by atoms with Gasteiger partial charge < -0.3 is 15.4 Å². The van der Waals surface area contributed by atoms with Crippen molar-refractivity contribution in [2.24, 2.45) is 0 Å². The van der Waals surface area contributed by atoms with E-state index < -0.39 is 0 Å². The van der Waals surface area contributed by atoms with Gasteiger partial charge in [-0.2, -0.15) is 0 Å². The molecule has 2 N–H and O–H groups in total. The number of amides is 2. The summed E-state index contributed by atoms with van der Waals surface area (Å²) < 4.78 is 18.3. The molecule has 0 spiro atoms. The maximum absolute atomic E-state index is 12.8. The summed E-state index contributed by atoms with van der Waals surface area (Å²) in [6, 6.07) is 9.16. The molecule has 1 heterocycles. The van der Waals surface area contributed by atoms with Crippen LogP contribution in [0.4, 0.5) is 9.18 Å². The number of halogens is 1. The van der Waals surface area contributed by atoms with Gasteiger partial charge in [0.25, 0.3) is 0 Å². The van der Waals surface area contributed by atoms with E-state index in [1.807, 2.05) is 19.9 Å². The molecular weight excluding hydrogens is 297 g/mol. The predicted molar refractivity (Wildman–Crippen MR) is 85.8 cm³/mol. The number of rotatable bonds is 6. The molecule has 0 radical (unpaired) electrons. The van der Waals surface area contributed by atoms with Crippen LogP contribution in [-0.4, -0.2) is 17.1 Å². The minimum atomic E-state index is -0.317. The second-order valence-electron chi connectivity index (χ2n) is 5.20. The maximum atomic E-state index is 12.8. The van der Waals surface area contributed by atoms with Gasteiger partial charge in [0.2, 0.25) is 5.88 Å². The van der Waals surface area contributed by atoms with Crippen molar-refractivity contribution >= 4 is 6.03 Å². The van der Waals surface area contributed by atoms with Crippen molar-refractivity contribution in [1.82, 2.24) is 15.6 Å². The molecule has 1 aromatic heterocycles. The number of benzene rings is 1. The Hall–Kier alpha value is -2.63. The van der Waals surface area contributed by atoms with E-state index in [0.29, 0.717) is 18.2 Å². The second-order valence-corrected chi connectivity index (χ2v) is 5.20. The summed E-state index contributed by atoms with van der Waals surface area (Å²) in [5.41, 5.74) is 0.857. The highest BCUT2D eigenvalue weighted by Gasteiger charge is 2.05. The Labute approximate surface area is 134 Å². The average molecular weight is 317 g/mol. The summed E-state index contributed by atoms with van der Waals surface area (Å²) in [6.45, 7) is 4.34. The molecule has 0 saturated carbocycles. The van der Waals surface area contributed by atoms with E-state index >= 15 is 0 Å². The van der Waals surface area contributed by atoms with Crippen molar-refractivity contribution in [3.8, 4) is 11.6 Å². The topological polar surface area (TPSA) is 63.2 Å². The Morgan fingerprint density at radius 1 is 1.26 bits per heavy atom. The highest BCUT2D eigenvalue weighted by molar-refractivity contribution is 5.74. The molecule has 6 heteroatoms. The number of carbonyl (C=O) groups is 1. The maximum Gasteiger partial charge on any atom is 0.315 e. The Bertz CT molecular complexity index is 629. The fourth-order valence-electron chi connectivity index (χ4n) is 1.76. The molecule has 5 nitrogen and oxygen atoms in total. The zero-order valence-corrected chi connectivity index (χ0v) is 13.2. The van der Waals surface area contributed by atoms with E-state index in [9.17, 15) is 9.18 Å². The van der Waals surface area contributed by atoms with E-state index in [2.05, 4.69) is 15.6 Å². The van der Waals surface area contributed by atoms with Crippen molar-refractivity contribution in [1.29, 1.82) is 0 Å². The van der Waals surface area contributed by atoms with E-state index in [-0.39, 0.29) is 17.9 Å². The lowest BCUT2D eigenvalue weighted by molar-refractivity contribution is 0.237. The summed E-state index contributed by atoms with van der Waals surface area (Å²) in [5, 5.41) is 5.59. The van der Waals surface area contributed by atoms with E-state index in [4.69, 9.17) is 4.74 Å². The summed E-state index contributed by atoms with van der Waals surface area (Å²) >= 11 is 0. The molecule has 1 aromatic carbocycles. The molecule has 2 rings (SSSR count). The second kappa shape index (κ2) is 8.12. The number of carbonyl (C=O) groups excluding carboxylic acids is 1. The van der Waals surface area contributed by atoms with Crippen LogP contribution in [0.2, 0.25) is 0 Å². The van der Waals surface area contributed by atoms with Crippen LogP contribution in [0.25, 0.3) is 0 Å². The van der Waals surface area contributed by atoms with Gasteiger partial charge in [-0.15, -0.1) is 0 Å². The first-order valence-electron chi connectivity index (χ1n) is 7.49. The van der Waals surface area contributed by atoms with Crippen LogP contribution in [0.3, 0.4) is 0 Å². The van der Waals surface area contributed by atoms with Crippen LogP contribution in [0, 0.1) is 5.82 Å². The van der Waals surface area contributed by atoms with Gasteiger partial charge in [-0.1, -0.05) is 13.0 Å². The van der Waals surface area contributed by atoms with Crippen molar-refractivity contribution in [3.05, 3.63) is 54.0 Å². The average Bonchev–Trinajstić information content (AvgIpc) is 2.56. The van der Waals surface area contributed by atoms with Crippen LogP contribution >= 0.6 is 0 Å². The van der Waals surface area contributed by atoms with Gasteiger partial charge in [0.1, 0.15) is 11.6 Å². The molecule has 122 valence electrons. The van der Waals surface area contributed by atoms with Crippen LogP contribution < -0.4 is 15.4 Å². The lowest BCUT2D eigenvalue weighted by Gasteiger charge is -2.12. The highest BCUT2D eigenvalue weighted by atomic mass is 19.1. The lowest BCUT2D eigenvalue weighted by Crippen LogP contribution is -2.40. The van der Waals surface area contributed by atoms with E-state index in [1.54, 1.807) is 12.3 Å². The monoisotopic (exact) mass is 317 g/mol. The Balaban J connectivity index is 1.84. The van der Waals surface area contributed by atoms with Crippen molar-refractivity contribution in [3.63, 3.8) is 0 Å². The Morgan fingerprint density at radius 3 is 2.61 bits per heavy atom. The normalized spacial score (nSPS) is 11.6. The number of aromatic nitrogens is 1. The third-order valence-electron chi connectivity index (χ3n) is 3.28. The number of hydrogen-bond acceptors (Lipinski definition) is 3. The van der Waals surface area contributed by atoms with Crippen LogP contribution in [0.15, 0.2) is 42.6 Å². The van der Waals surface area contributed by atoms with Gasteiger partial charge >= 0.3 is 6.03 Å². The standard InChI is InChI=1S/C17H20FN3O2/c1-3-12(2)21-17(22)20-11-13-4-9-16(19-10-13)23-15-7-5-14(18)6-8-15/h4-10,12H,3,11H2,1-2H3,(H2,20,21,22). The molecule has 1 unspecified atom stereocenters. The number of nitrogens with zero attached hydrogens (tertiary/aromatic N) is 1. The smallest absolute Gasteiger partial charge is 0.315 e. The number of urea groups is 1. The number of nitrogens with one attached hydrogen (secondary N) is 2. The zero-order chi connectivity index (χ0) is 16.7. The predicted octanol–water partition coefficient (Wildman–Crippen LogP) is 3.61. The molecule has 0 fully saturated rings. The van der Waals surface area contributed by atoms with Crippen LogP contribution in [0.5, 0.6) is 11.6 Å². The van der Waals surface area contributed by atoms with Crippen molar-refractivity contribution in [2.45, 2.75) is 32.9 Å². The molecule has 0 aliphatic carbocycles. The van der Waals surface area contributed by atoms with Gasteiger partial charge in [-0.3, -0.25) is 0 Å². The SMILES string of the molecule is CCC(C)NC(=O)NCc1ccc(Oc2ccc(F)cc2)nc1. The summed E-state index contributed by atoms with van der Waals surface area (Å²) in [4.78, 5) is 15.8. The first-order chi connectivity index (χ1) is 11.1. The summed E-state index contributed by atoms with van der Waals surface area (Å²) in [5.74, 6) is 0.601. The van der Waals surface area contributed by atoms with E-state index in [1.165, 1.54) is 24.3 Å². The largest absolute Gasteiger partial charge is 0.439 e. The number of hydrogen-bond donors (Lipinski definition) is 2. The summed E-state index contributed by atoms with van der Waals surface area (Å²) in [7, 11) is 0. The fourth-order valence-corrected chi connectivity index (χ4v) is 1.76. The molecule has 0 bridgehead atoms. The van der Waals surface area contributed by atoms with E-state index in [0.717, 1.165) is 12.0 Å². The van der Waals surface area contributed by atoms with Crippen LogP contribution in [0.1, 0.15) is 25.8 Å². The number of ether oxygens (including phenoxy) is 1. The van der Waals surface area contributed by atoms with Gasteiger partial charge in [0.15, 0.2) is 0 Å². The fraction of sp³-hybridized carbons (Fsp3) is 0.294. The summed E-state index contributed by atoms with van der Waals surface area (Å²) in [6.07, 6.45) is 2.51. The molecule has 1 atom stereocenters. The first-order valence-corrected chi connectivity index (χ1v) is 7.49. The lowest BCUT2D eigenvalue weighted by atomic mass is 10.2. The Morgan fingerprint density at radius 2 is 2.00 bits per heavy atom. The quantitative estimate of drug-likeness (QED) is 0.855. The van der Waals surface area contributed by atoms with Gasteiger partial charge in [-0.25, -0.2) is 14.2 Å².